The van der Waals surface area contributed by atoms with Crippen LogP contribution in [0.2, 0.25) is 5.15 Å². The molecule has 0 N–H and O–H groups in total. The average Bonchev–Trinajstić information content (AvgIpc) is 3.12. The molecule has 19 heavy (non-hydrogen) atoms. The monoisotopic (exact) mass is 293 g/mol. The van der Waals surface area contributed by atoms with Crippen molar-refractivity contribution >= 4 is 17.4 Å². The van der Waals surface area contributed by atoms with Gasteiger partial charge in [-0.15, -0.1) is 0 Å². The van der Waals surface area contributed by atoms with Gasteiger partial charge in [-0.1, -0.05) is 18.5 Å². The van der Waals surface area contributed by atoms with Gasteiger partial charge in [0.1, 0.15) is 23.3 Å². The molecule has 0 unspecified atom stereocenters. The fourth-order valence-electron chi connectivity index (χ4n) is 1.91. The number of halogens is 4. The molecule has 1 saturated carbocycles. The molecule has 0 bridgehead atoms. The lowest BCUT2D eigenvalue weighted by Gasteiger charge is -2.26. The highest BCUT2D eigenvalue weighted by molar-refractivity contribution is 6.30. The van der Waals surface area contributed by atoms with Crippen LogP contribution in [-0.2, 0) is 6.42 Å². The van der Waals surface area contributed by atoms with Crippen molar-refractivity contribution in [2.24, 2.45) is 0 Å². The summed E-state index contributed by atoms with van der Waals surface area (Å²) in [6, 6.07) is -0.0870. The van der Waals surface area contributed by atoms with Gasteiger partial charge in [-0.25, -0.2) is 9.97 Å². The Balaban J connectivity index is 2.38. The van der Waals surface area contributed by atoms with E-state index < -0.39 is 12.7 Å². The van der Waals surface area contributed by atoms with Gasteiger partial charge in [-0.05, 0) is 19.8 Å². The first-order valence-corrected chi connectivity index (χ1v) is 6.56. The minimum Gasteiger partial charge on any atom is -0.344 e. The fraction of sp³-hybridized carbons (Fsp3) is 0.667. The Morgan fingerprint density at radius 1 is 1.32 bits per heavy atom. The van der Waals surface area contributed by atoms with Crippen LogP contribution in [0.1, 0.15) is 31.2 Å². The summed E-state index contributed by atoms with van der Waals surface area (Å²) in [6.07, 6.45) is -2.19. The van der Waals surface area contributed by atoms with E-state index in [-0.39, 0.29) is 11.2 Å². The van der Waals surface area contributed by atoms with Gasteiger partial charge in [0.05, 0.1) is 0 Å². The molecule has 1 fully saturated rings. The zero-order valence-electron chi connectivity index (χ0n) is 10.8. The van der Waals surface area contributed by atoms with E-state index in [0.29, 0.717) is 23.6 Å². The average molecular weight is 294 g/mol. The van der Waals surface area contributed by atoms with E-state index >= 15 is 0 Å². The highest BCUT2D eigenvalue weighted by Gasteiger charge is 2.39. The second-order valence-electron chi connectivity index (χ2n) is 4.71. The molecule has 0 aromatic carbocycles. The second kappa shape index (κ2) is 5.15. The van der Waals surface area contributed by atoms with Crippen molar-refractivity contribution in [1.29, 1.82) is 0 Å². The van der Waals surface area contributed by atoms with Gasteiger partial charge in [0.15, 0.2) is 0 Å². The molecule has 0 radical (unpaired) electrons. The molecule has 0 saturated heterocycles. The van der Waals surface area contributed by atoms with E-state index in [4.69, 9.17) is 11.6 Å². The van der Waals surface area contributed by atoms with Crippen LogP contribution in [0.3, 0.4) is 0 Å². The minimum absolute atomic E-state index is 0.0870. The van der Waals surface area contributed by atoms with Gasteiger partial charge in [-0.2, -0.15) is 13.2 Å². The van der Waals surface area contributed by atoms with Gasteiger partial charge < -0.3 is 4.90 Å². The lowest BCUT2D eigenvalue weighted by Crippen LogP contribution is -2.37. The number of rotatable bonds is 4. The van der Waals surface area contributed by atoms with E-state index in [2.05, 4.69) is 9.97 Å². The zero-order valence-corrected chi connectivity index (χ0v) is 11.5. The number of hydrogen-bond acceptors (Lipinski definition) is 3. The van der Waals surface area contributed by atoms with Crippen LogP contribution in [0.25, 0.3) is 0 Å². The molecule has 1 aromatic rings. The molecular weight excluding hydrogens is 279 g/mol. The predicted molar refractivity (Wildman–Crippen MR) is 67.6 cm³/mol. The Bertz CT molecular complexity index is 472. The lowest BCUT2D eigenvalue weighted by atomic mass is 10.3. The van der Waals surface area contributed by atoms with Gasteiger partial charge >= 0.3 is 6.18 Å². The van der Waals surface area contributed by atoms with Gasteiger partial charge in [0, 0.05) is 18.0 Å². The Hall–Kier alpha value is -1.04. The number of aryl methyl sites for hydroxylation is 1. The lowest BCUT2D eigenvalue weighted by molar-refractivity contribution is -0.120. The van der Waals surface area contributed by atoms with E-state index in [9.17, 15) is 13.2 Å². The van der Waals surface area contributed by atoms with E-state index in [0.717, 1.165) is 12.8 Å². The topological polar surface area (TPSA) is 29.0 Å². The summed E-state index contributed by atoms with van der Waals surface area (Å²) in [7, 11) is 0. The van der Waals surface area contributed by atoms with Crippen molar-refractivity contribution in [1.82, 2.24) is 9.97 Å². The number of anilines is 1. The maximum absolute atomic E-state index is 12.7. The summed E-state index contributed by atoms with van der Waals surface area (Å²) in [5, 5.41) is 0.231. The highest BCUT2D eigenvalue weighted by atomic mass is 35.5. The van der Waals surface area contributed by atoms with Crippen molar-refractivity contribution in [3.8, 4) is 0 Å². The zero-order chi connectivity index (χ0) is 14.2. The maximum Gasteiger partial charge on any atom is 0.405 e. The normalized spacial score (nSPS) is 15.7. The van der Waals surface area contributed by atoms with Gasteiger partial charge in [0.2, 0.25) is 0 Å². The first kappa shape index (κ1) is 14.4. The number of hydrogen-bond donors (Lipinski definition) is 0. The van der Waals surface area contributed by atoms with Crippen LogP contribution >= 0.6 is 11.6 Å². The molecule has 106 valence electrons. The largest absolute Gasteiger partial charge is 0.405 e. The molecule has 0 amide bonds. The third kappa shape index (κ3) is 3.49. The molecule has 3 nitrogen and oxygen atoms in total. The fourth-order valence-corrected chi connectivity index (χ4v) is 2.10. The summed E-state index contributed by atoms with van der Waals surface area (Å²) < 4.78 is 38.0. The summed E-state index contributed by atoms with van der Waals surface area (Å²) in [5.41, 5.74) is 0.509. The van der Waals surface area contributed by atoms with Crippen molar-refractivity contribution < 1.29 is 13.2 Å². The molecule has 0 spiro atoms. The quantitative estimate of drug-likeness (QED) is 0.795. The summed E-state index contributed by atoms with van der Waals surface area (Å²) in [6.45, 7) is 2.51. The number of aromatic nitrogens is 2. The van der Waals surface area contributed by atoms with Crippen LogP contribution in [-0.4, -0.2) is 28.7 Å². The second-order valence-corrected chi connectivity index (χ2v) is 5.07. The predicted octanol–water partition coefficient (Wildman–Crippen LogP) is 3.53. The Labute approximate surface area is 114 Å². The highest BCUT2D eigenvalue weighted by Crippen LogP contribution is 2.36. The molecule has 7 heteroatoms. The van der Waals surface area contributed by atoms with E-state index in [1.165, 1.54) is 4.90 Å². The Morgan fingerprint density at radius 2 is 1.95 bits per heavy atom. The van der Waals surface area contributed by atoms with E-state index in [1.807, 2.05) is 6.92 Å². The summed E-state index contributed by atoms with van der Waals surface area (Å²) in [4.78, 5) is 9.59. The summed E-state index contributed by atoms with van der Waals surface area (Å²) in [5.74, 6) is 0.787. The van der Waals surface area contributed by atoms with Crippen LogP contribution in [0.5, 0.6) is 0 Å². The van der Waals surface area contributed by atoms with E-state index in [1.54, 1.807) is 6.92 Å². The Kier molecular flexibility index (Phi) is 3.90. The third-order valence-electron chi connectivity index (χ3n) is 3.03. The first-order valence-electron chi connectivity index (χ1n) is 6.18. The molecule has 1 heterocycles. The van der Waals surface area contributed by atoms with Crippen LogP contribution in [0.15, 0.2) is 0 Å². The summed E-state index contributed by atoms with van der Waals surface area (Å²) >= 11 is 5.98. The molecule has 1 aliphatic carbocycles. The number of nitrogens with zero attached hydrogens (tertiary/aromatic N) is 3. The van der Waals surface area contributed by atoms with Crippen molar-refractivity contribution in [3.05, 3.63) is 16.5 Å². The number of alkyl halides is 3. The van der Waals surface area contributed by atoms with Crippen LogP contribution in [0, 0.1) is 6.92 Å². The SMILES string of the molecule is CCc1nc(Cl)c(C)c(N(CC(F)(F)F)C2CC2)n1. The smallest absolute Gasteiger partial charge is 0.344 e. The third-order valence-corrected chi connectivity index (χ3v) is 3.40. The van der Waals surface area contributed by atoms with Crippen molar-refractivity contribution in [3.63, 3.8) is 0 Å². The first-order chi connectivity index (χ1) is 8.81. The molecule has 1 aromatic heterocycles. The van der Waals surface area contributed by atoms with Gasteiger partial charge in [-0.3, -0.25) is 0 Å². The molecule has 2 rings (SSSR count). The maximum atomic E-state index is 12.7. The Morgan fingerprint density at radius 3 is 2.42 bits per heavy atom. The van der Waals surface area contributed by atoms with Crippen molar-refractivity contribution in [2.45, 2.75) is 45.3 Å². The van der Waals surface area contributed by atoms with Crippen LogP contribution in [0.4, 0.5) is 19.0 Å². The molecule has 0 aliphatic heterocycles. The molecule has 1 aliphatic rings. The molecule has 0 atom stereocenters. The van der Waals surface area contributed by atoms with Crippen molar-refractivity contribution in [2.75, 3.05) is 11.4 Å². The van der Waals surface area contributed by atoms with Gasteiger partial charge in [0.25, 0.3) is 0 Å². The standard InChI is InChI=1S/C12H15ClF3N3/c1-3-9-17-10(13)7(2)11(18-9)19(8-4-5-8)6-12(14,15)16/h8H,3-6H2,1-2H3. The molecular formula is C12H15ClF3N3. The van der Waals surface area contributed by atoms with Crippen LogP contribution < -0.4 is 4.90 Å². The minimum atomic E-state index is -4.25.